The molecular weight excluding hydrogens is 355 g/mol. The number of aromatic nitrogens is 3. The van der Waals surface area contributed by atoms with Crippen molar-refractivity contribution in [2.75, 3.05) is 0 Å². The Kier molecular flexibility index (Phi) is 3.36. The summed E-state index contributed by atoms with van der Waals surface area (Å²) in [5.41, 5.74) is -1.81. The highest BCUT2D eigenvalue weighted by Crippen LogP contribution is 2.40. The first kappa shape index (κ1) is 15.7. The van der Waals surface area contributed by atoms with E-state index in [4.69, 9.17) is 11.6 Å². The Bertz CT molecular complexity index is 1170. The lowest BCUT2D eigenvalue weighted by Crippen LogP contribution is -2.14. The van der Waals surface area contributed by atoms with Gasteiger partial charge in [0, 0.05) is 6.07 Å². The molecular formula is C17H9ClF3N3O. The molecule has 0 saturated carbocycles. The second kappa shape index (κ2) is 5.35. The Morgan fingerprint density at radius 3 is 2.56 bits per heavy atom. The molecule has 25 heavy (non-hydrogen) atoms. The van der Waals surface area contributed by atoms with Gasteiger partial charge in [-0.1, -0.05) is 54.1 Å². The molecule has 0 atom stereocenters. The zero-order valence-electron chi connectivity index (χ0n) is 12.4. The second-order valence-corrected chi connectivity index (χ2v) is 5.85. The molecule has 0 aliphatic rings. The quantitative estimate of drug-likeness (QED) is 0.506. The van der Waals surface area contributed by atoms with Crippen molar-refractivity contribution < 1.29 is 13.2 Å². The lowest BCUT2D eigenvalue weighted by atomic mass is 9.98. The topological polar surface area (TPSA) is 50.2 Å². The molecule has 0 aliphatic heterocycles. The van der Waals surface area contributed by atoms with E-state index < -0.39 is 17.4 Å². The molecule has 0 saturated heterocycles. The minimum atomic E-state index is -4.70. The van der Waals surface area contributed by atoms with Gasteiger partial charge in [-0.25, -0.2) is 9.50 Å². The van der Waals surface area contributed by atoms with E-state index >= 15 is 0 Å². The Labute approximate surface area is 143 Å². The van der Waals surface area contributed by atoms with Crippen molar-refractivity contribution >= 4 is 28.0 Å². The molecule has 4 nitrogen and oxygen atoms in total. The molecule has 2 aromatic carbocycles. The number of H-pyrrole nitrogens is 1. The normalized spacial score (nSPS) is 12.2. The van der Waals surface area contributed by atoms with Crippen LogP contribution in [0.2, 0.25) is 5.15 Å². The molecule has 0 radical (unpaired) electrons. The fourth-order valence-electron chi connectivity index (χ4n) is 2.91. The highest BCUT2D eigenvalue weighted by molar-refractivity contribution is 6.29. The molecule has 0 fully saturated rings. The monoisotopic (exact) mass is 363 g/mol. The predicted octanol–water partition coefficient (Wildman–Crippen LogP) is 4.52. The maximum atomic E-state index is 13.6. The van der Waals surface area contributed by atoms with Crippen LogP contribution in [-0.2, 0) is 6.18 Å². The summed E-state index contributed by atoms with van der Waals surface area (Å²) in [5, 5.41) is 3.35. The maximum absolute atomic E-state index is 13.6. The zero-order valence-corrected chi connectivity index (χ0v) is 13.2. The van der Waals surface area contributed by atoms with E-state index in [9.17, 15) is 18.0 Å². The van der Waals surface area contributed by atoms with Crippen molar-refractivity contribution in [2.24, 2.45) is 0 Å². The molecule has 4 aromatic rings. The first-order chi connectivity index (χ1) is 11.9. The summed E-state index contributed by atoms with van der Waals surface area (Å²) in [4.78, 5) is 16.0. The van der Waals surface area contributed by atoms with Gasteiger partial charge >= 0.3 is 6.18 Å². The molecule has 8 heteroatoms. The largest absolute Gasteiger partial charge is 0.433 e. The number of halogens is 4. The van der Waals surface area contributed by atoms with Crippen molar-refractivity contribution in [2.45, 2.75) is 6.18 Å². The van der Waals surface area contributed by atoms with Crippen molar-refractivity contribution in [3.63, 3.8) is 0 Å². The van der Waals surface area contributed by atoms with Crippen molar-refractivity contribution in [3.05, 3.63) is 69.7 Å². The molecule has 0 amide bonds. The van der Waals surface area contributed by atoms with Gasteiger partial charge < -0.3 is 0 Å². The van der Waals surface area contributed by atoms with Crippen LogP contribution in [0.5, 0.6) is 0 Å². The summed E-state index contributed by atoms with van der Waals surface area (Å²) in [6, 6.07) is 13.0. The van der Waals surface area contributed by atoms with Gasteiger partial charge in [0.15, 0.2) is 5.65 Å². The molecule has 126 valence electrons. The lowest BCUT2D eigenvalue weighted by molar-refractivity contribution is -0.140. The summed E-state index contributed by atoms with van der Waals surface area (Å²) in [7, 11) is 0. The number of alkyl halides is 3. The van der Waals surface area contributed by atoms with E-state index in [1.165, 1.54) is 0 Å². The van der Waals surface area contributed by atoms with Crippen LogP contribution >= 0.6 is 11.6 Å². The summed E-state index contributed by atoms with van der Waals surface area (Å²) < 4.78 is 41.5. The molecule has 1 N–H and O–H groups in total. The van der Waals surface area contributed by atoms with E-state index in [2.05, 4.69) is 10.1 Å². The van der Waals surface area contributed by atoms with E-state index in [0.717, 1.165) is 16.0 Å². The third kappa shape index (κ3) is 2.47. The predicted molar refractivity (Wildman–Crippen MR) is 88.8 cm³/mol. The Morgan fingerprint density at radius 2 is 1.80 bits per heavy atom. The van der Waals surface area contributed by atoms with Gasteiger partial charge in [0.25, 0.3) is 5.56 Å². The third-order valence-electron chi connectivity index (χ3n) is 3.93. The molecule has 0 spiro atoms. The molecule has 0 aliphatic carbocycles. The third-order valence-corrected chi connectivity index (χ3v) is 4.12. The molecule has 4 rings (SSSR count). The van der Waals surface area contributed by atoms with Crippen molar-refractivity contribution in [1.82, 2.24) is 14.6 Å². The Hall–Kier alpha value is -2.80. The SMILES string of the molecule is O=c1cc(Cl)nc2c(-c3cccc4ccccc34)c(C(F)(F)F)[nH]n12. The average Bonchev–Trinajstić information content (AvgIpc) is 2.94. The van der Waals surface area contributed by atoms with E-state index in [0.29, 0.717) is 10.9 Å². The first-order valence-electron chi connectivity index (χ1n) is 7.23. The number of rotatable bonds is 1. The number of fused-ring (bicyclic) bond motifs is 2. The molecule has 0 unspecified atom stereocenters. The van der Waals surface area contributed by atoms with Crippen LogP contribution in [0.25, 0.3) is 27.5 Å². The van der Waals surface area contributed by atoms with Gasteiger partial charge in [-0.2, -0.15) is 13.2 Å². The first-order valence-corrected chi connectivity index (χ1v) is 7.60. The number of hydrogen-bond acceptors (Lipinski definition) is 2. The number of hydrogen-bond donors (Lipinski definition) is 1. The molecule has 2 aromatic heterocycles. The highest BCUT2D eigenvalue weighted by Gasteiger charge is 2.38. The van der Waals surface area contributed by atoms with Gasteiger partial charge in [-0.15, -0.1) is 0 Å². The zero-order chi connectivity index (χ0) is 17.8. The minimum absolute atomic E-state index is 0.166. The number of nitrogens with zero attached hydrogens (tertiary/aromatic N) is 2. The van der Waals surface area contributed by atoms with Gasteiger partial charge in [0.1, 0.15) is 10.8 Å². The summed E-state index contributed by atoms with van der Waals surface area (Å²) in [6.45, 7) is 0. The fourth-order valence-corrected chi connectivity index (χ4v) is 3.09. The van der Waals surface area contributed by atoms with Crippen LogP contribution < -0.4 is 5.56 Å². The van der Waals surface area contributed by atoms with Gasteiger partial charge in [0.2, 0.25) is 0 Å². The fraction of sp³-hybridized carbons (Fsp3) is 0.0588. The molecule has 2 heterocycles. The second-order valence-electron chi connectivity index (χ2n) is 5.46. The van der Waals surface area contributed by atoms with Crippen molar-refractivity contribution in [1.29, 1.82) is 0 Å². The summed E-state index contributed by atoms with van der Waals surface area (Å²) in [5.74, 6) is 0. The molecule has 0 bridgehead atoms. The van der Waals surface area contributed by atoms with Crippen LogP contribution in [0.3, 0.4) is 0 Å². The lowest BCUT2D eigenvalue weighted by Gasteiger charge is -2.10. The van der Waals surface area contributed by atoms with Crippen LogP contribution in [0, 0.1) is 0 Å². The van der Waals surface area contributed by atoms with Crippen LogP contribution in [0.4, 0.5) is 13.2 Å². The van der Waals surface area contributed by atoms with Crippen LogP contribution in [0.1, 0.15) is 5.69 Å². The minimum Gasteiger partial charge on any atom is -0.284 e. The van der Waals surface area contributed by atoms with E-state index in [-0.39, 0.29) is 16.4 Å². The van der Waals surface area contributed by atoms with E-state index in [1.807, 2.05) is 0 Å². The average molecular weight is 364 g/mol. The van der Waals surface area contributed by atoms with Gasteiger partial charge in [-0.3, -0.25) is 9.89 Å². The van der Waals surface area contributed by atoms with Gasteiger partial charge in [-0.05, 0) is 16.3 Å². The van der Waals surface area contributed by atoms with Crippen LogP contribution in [0.15, 0.2) is 53.3 Å². The highest BCUT2D eigenvalue weighted by atomic mass is 35.5. The van der Waals surface area contributed by atoms with E-state index in [1.54, 1.807) is 42.5 Å². The van der Waals surface area contributed by atoms with Crippen LogP contribution in [-0.4, -0.2) is 14.6 Å². The summed E-state index contributed by atoms with van der Waals surface area (Å²) in [6.07, 6.45) is -4.70. The Balaban J connectivity index is 2.21. The standard InChI is InChI=1S/C17H9ClF3N3O/c18-12-8-13(25)24-16(22-12)14(15(23-24)17(19,20)21)11-7-3-5-9-4-1-2-6-10(9)11/h1-8,23H. The smallest absolute Gasteiger partial charge is 0.284 e. The summed E-state index contributed by atoms with van der Waals surface area (Å²) >= 11 is 5.81. The van der Waals surface area contributed by atoms with Gasteiger partial charge in [0.05, 0.1) is 5.56 Å². The number of benzene rings is 2. The van der Waals surface area contributed by atoms with Crippen molar-refractivity contribution in [3.8, 4) is 11.1 Å². The number of nitrogens with one attached hydrogen (secondary N) is 1. The Morgan fingerprint density at radius 1 is 1.08 bits per heavy atom. The number of aromatic amines is 1. The maximum Gasteiger partial charge on any atom is 0.433 e.